The van der Waals surface area contributed by atoms with Gasteiger partial charge in [0.15, 0.2) is 0 Å². The molecular formula is C40H31F4N7O8S2. The van der Waals surface area contributed by atoms with Gasteiger partial charge in [0.2, 0.25) is 0 Å². The normalized spacial score (nSPS) is 11.2. The zero-order chi connectivity index (χ0) is 44.2. The summed E-state index contributed by atoms with van der Waals surface area (Å²) in [6.07, 6.45) is 1.96. The van der Waals surface area contributed by atoms with Crippen LogP contribution in [0.15, 0.2) is 162 Å². The third-order valence-electron chi connectivity index (χ3n) is 7.80. The van der Waals surface area contributed by atoms with Crippen LogP contribution in [-0.4, -0.2) is 51.9 Å². The summed E-state index contributed by atoms with van der Waals surface area (Å²) in [6, 6.07) is 28.1. The van der Waals surface area contributed by atoms with E-state index in [0.717, 1.165) is 18.3 Å². The number of nitrogen functional groups attached to an aromatic ring is 1. The number of nitrogens with one attached hydrogen (secondary N) is 2. The lowest BCUT2D eigenvalue weighted by atomic mass is 10.0. The molecule has 3 aromatic heterocycles. The first kappa shape index (κ1) is 44.8. The highest BCUT2D eigenvalue weighted by molar-refractivity contribution is 7.86. The van der Waals surface area contributed by atoms with Crippen LogP contribution < -0.4 is 21.1 Å². The third kappa shape index (κ3) is 13.3. The zero-order valence-corrected chi connectivity index (χ0v) is 32.6. The van der Waals surface area contributed by atoms with Gasteiger partial charge >= 0.3 is 18.2 Å². The van der Waals surface area contributed by atoms with Crippen LogP contribution in [0.3, 0.4) is 0 Å². The van der Waals surface area contributed by atoms with E-state index in [1.807, 2.05) is 0 Å². The molecule has 3 heterocycles. The smallest absolute Gasteiger partial charge is 0.416 e. The number of carbonyl (C=O) groups is 1. The predicted octanol–water partition coefficient (Wildman–Crippen LogP) is 8.64. The number of ether oxygens (including phenoxy) is 1. The number of alkyl halides is 3. The predicted molar refractivity (Wildman–Crippen MR) is 216 cm³/mol. The van der Waals surface area contributed by atoms with E-state index in [4.69, 9.17) is 19.6 Å². The van der Waals surface area contributed by atoms with Gasteiger partial charge in [-0.3, -0.25) is 14.1 Å². The van der Waals surface area contributed by atoms with Crippen molar-refractivity contribution in [3.63, 3.8) is 0 Å². The maximum atomic E-state index is 13.5. The van der Waals surface area contributed by atoms with E-state index < -0.39 is 43.8 Å². The van der Waals surface area contributed by atoms with Gasteiger partial charge in [0.1, 0.15) is 17.4 Å². The van der Waals surface area contributed by atoms with Crippen molar-refractivity contribution in [2.24, 2.45) is 0 Å². The Balaban J connectivity index is 0.000000286. The number of nitrogens with two attached hydrogens (primary N) is 1. The standard InChI is InChI=1S/C28H19F4N7O2.2C6H6O3S/c29-19-11-23(25(33)35-13-19)16-3-6-21(7-4-16)41-27-36-14-20(15-37-27)38-26(40)39-24-10-18(28(30,31)32)5-8-22(24)17-2-1-9-34-12-17;2*7-10(8,9)6-4-2-1-3-5-6/h1-15H,(H2,33,35)(H2,38,39,40);2*1-5H,(H,7,8,9). The number of halogens is 4. The van der Waals surface area contributed by atoms with E-state index in [1.165, 1.54) is 61.2 Å². The van der Waals surface area contributed by atoms with Gasteiger partial charge < -0.3 is 21.1 Å². The van der Waals surface area contributed by atoms with Gasteiger partial charge in [-0.2, -0.15) is 30.0 Å². The van der Waals surface area contributed by atoms with E-state index in [2.05, 4.69) is 30.6 Å². The van der Waals surface area contributed by atoms with E-state index in [9.17, 15) is 39.2 Å². The average molecular weight is 878 g/mol. The van der Waals surface area contributed by atoms with Crippen LogP contribution in [0, 0.1) is 5.82 Å². The van der Waals surface area contributed by atoms with Crippen molar-refractivity contribution >= 4 is 43.5 Å². The lowest BCUT2D eigenvalue weighted by molar-refractivity contribution is -0.137. The monoisotopic (exact) mass is 877 g/mol. The van der Waals surface area contributed by atoms with Crippen LogP contribution in [0.5, 0.6) is 11.8 Å². The summed E-state index contributed by atoms with van der Waals surface area (Å²) in [6.45, 7) is 0. The molecule has 0 bridgehead atoms. The minimum absolute atomic E-state index is 0.0348. The van der Waals surface area contributed by atoms with Crippen molar-refractivity contribution in [3.8, 4) is 34.0 Å². The molecule has 0 aliphatic heterocycles. The first-order chi connectivity index (χ1) is 28.9. The molecule has 0 atom stereocenters. The zero-order valence-electron chi connectivity index (χ0n) is 31.0. The molecule has 0 unspecified atom stereocenters. The molecule has 0 radical (unpaired) electrons. The summed E-state index contributed by atoms with van der Waals surface area (Å²) in [5.41, 5.74) is 6.92. The number of benzene rings is 4. The molecule has 21 heteroatoms. The van der Waals surface area contributed by atoms with Crippen LogP contribution >= 0.6 is 0 Å². The number of rotatable bonds is 8. The molecule has 314 valence electrons. The molecule has 0 spiro atoms. The third-order valence-corrected chi connectivity index (χ3v) is 9.53. The fourth-order valence-corrected chi connectivity index (χ4v) is 5.99. The van der Waals surface area contributed by atoms with Gasteiger partial charge in [-0.05, 0) is 66.2 Å². The Morgan fingerprint density at radius 1 is 0.656 bits per heavy atom. The molecular weight excluding hydrogens is 847 g/mol. The molecule has 7 rings (SSSR count). The highest BCUT2D eigenvalue weighted by Gasteiger charge is 2.31. The largest absolute Gasteiger partial charge is 0.424 e. The molecule has 0 aliphatic carbocycles. The Bertz CT molecular complexity index is 2730. The molecule has 6 N–H and O–H groups in total. The van der Waals surface area contributed by atoms with Crippen LogP contribution in [0.1, 0.15) is 5.56 Å². The van der Waals surface area contributed by atoms with Crippen molar-refractivity contribution < 1.29 is 53.0 Å². The van der Waals surface area contributed by atoms with Crippen molar-refractivity contribution in [2.75, 3.05) is 16.4 Å². The fourth-order valence-electron chi connectivity index (χ4n) is 4.99. The van der Waals surface area contributed by atoms with E-state index in [0.29, 0.717) is 28.0 Å². The van der Waals surface area contributed by atoms with Crippen LogP contribution in [0.4, 0.5) is 39.5 Å². The second-order valence-corrected chi connectivity index (χ2v) is 15.0. The molecule has 2 amide bonds. The Hall–Kier alpha value is -7.33. The number of carbonyl (C=O) groups excluding carboxylic acids is 1. The minimum Gasteiger partial charge on any atom is -0.424 e. The number of nitrogens with zero attached hydrogens (tertiary/aromatic N) is 4. The Morgan fingerprint density at radius 2 is 1.25 bits per heavy atom. The summed E-state index contributed by atoms with van der Waals surface area (Å²) in [7, 11) is -8.01. The van der Waals surface area contributed by atoms with Crippen LogP contribution in [0.2, 0.25) is 0 Å². The Labute approximate surface area is 345 Å². The quantitative estimate of drug-likeness (QED) is 0.0711. The summed E-state index contributed by atoms with van der Waals surface area (Å²) in [4.78, 5) is 28.4. The number of urea groups is 1. The molecule has 15 nitrogen and oxygen atoms in total. The topological polar surface area (TPSA) is 237 Å². The number of aromatic nitrogens is 4. The van der Waals surface area contributed by atoms with Crippen molar-refractivity contribution in [1.82, 2.24) is 19.9 Å². The highest BCUT2D eigenvalue weighted by atomic mass is 32.2. The number of hydrogen-bond acceptors (Lipinski definition) is 11. The van der Waals surface area contributed by atoms with Crippen molar-refractivity contribution in [1.29, 1.82) is 0 Å². The summed E-state index contributed by atoms with van der Waals surface area (Å²) in [5.74, 6) is 0.0357. The minimum atomic E-state index is -4.60. The molecule has 61 heavy (non-hydrogen) atoms. The van der Waals surface area contributed by atoms with Crippen LogP contribution in [0.25, 0.3) is 22.3 Å². The first-order valence-corrected chi connectivity index (χ1v) is 20.0. The van der Waals surface area contributed by atoms with Gasteiger partial charge in [0, 0.05) is 29.1 Å². The summed E-state index contributed by atoms with van der Waals surface area (Å²) in [5, 5.41) is 4.93. The highest BCUT2D eigenvalue weighted by Crippen LogP contribution is 2.36. The molecule has 4 aromatic carbocycles. The molecule has 0 saturated heterocycles. The lowest BCUT2D eigenvalue weighted by Crippen LogP contribution is -2.20. The first-order valence-electron chi connectivity index (χ1n) is 17.1. The van der Waals surface area contributed by atoms with Crippen molar-refractivity contribution in [2.45, 2.75) is 16.0 Å². The van der Waals surface area contributed by atoms with E-state index >= 15 is 0 Å². The molecule has 7 aromatic rings. The SMILES string of the molecule is Nc1ncc(F)cc1-c1ccc(Oc2ncc(NC(=O)Nc3cc(C(F)(F)F)ccc3-c3cccnc3)cn2)cc1.O=S(=O)(O)c1ccccc1.O=S(=O)(O)c1ccccc1. The summed E-state index contributed by atoms with van der Waals surface area (Å²) >= 11 is 0. The van der Waals surface area contributed by atoms with Crippen molar-refractivity contribution in [3.05, 3.63) is 164 Å². The molecule has 0 aliphatic rings. The van der Waals surface area contributed by atoms with Gasteiger partial charge in [-0.1, -0.05) is 60.7 Å². The molecule has 0 saturated carbocycles. The van der Waals surface area contributed by atoms with Gasteiger partial charge in [-0.15, -0.1) is 0 Å². The van der Waals surface area contributed by atoms with Gasteiger partial charge in [-0.25, -0.2) is 24.1 Å². The van der Waals surface area contributed by atoms with E-state index in [-0.39, 0.29) is 33.0 Å². The maximum Gasteiger partial charge on any atom is 0.416 e. The number of pyridine rings is 2. The second kappa shape index (κ2) is 19.6. The molecule has 0 fully saturated rings. The van der Waals surface area contributed by atoms with E-state index in [1.54, 1.807) is 72.8 Å². The average Bonchev–Trinajstić information content (AvgIpc) is 3.23. The lowest BCUT2D eigenvalue weighted by Gasteiger charge is -2.15. The number of hydrogen-bond donors (Lipinski definition) is 5. The fraction of sp³-hybridized carbons (Fsp3) is 0.0250. The number of amides is 2. The summed E-state index contributed by atoms with van der Waals surface area (Å²) < 4.78 is 118. The Kier molecular flexibility index (Phi) is 14.4. The van der Waals surface area contributed by atoms with Gasteiger partial charge in [0.25, 0.3) is 20.2 Å². The van der Waals surface area contributed by atoms with Gasteiger partial charge in [0.05, 0.1) is 45.3 Å². The second-order valence-electron chi connectivity index (χ2n) is 12.1. The maximum absolute atomic E-state index is 13.5. The Morgan fingerprint density at radius 3 is 1.75 bits per heavy atom. The van der Waals surface area contributed by atoms with Crippen LogP contribution in [-0.2, 0) is 26.4 Å². The number of anilines is 3.